The quantitative estimate of drug-likeness (QED) is 0.940. The number of likely N-dealkylation sites (tertiary alicyclic amines) is 1. The second kappa shape index (κ2) is 5.98. The first kappa shape index (κ1) is 14.7. The third-order valence-electron chi connectivity index (χ3n) is 5.05. The summed E-state index contributed by atoms with van der Waals surface area (Å²) in [6.45, 7) is 3.88. The van der Waals surface area contributed by atoms with E-state index < -0.39 is 0 Å². The Morgan fingerprint density at radius 2 is 2.22 bits per heavy atom. The van der Waals surface area contributed by atoms with Gasteiger partial charge in [-0.2, -0.15) is 0 Å². The molecule has 1 aromatic heterocycles. The monoisotopic (exact) mass is 312 g/mol. The lowest BCUT2D eigenvalue weighted by atomic mass is 9.97. The number of anilines is 1. The minimum absolute atomic E-state index is 0.0328. The van der Waals surface area contributed by atoms with Crippen LogP contribution in [0.15, 0.2) is 42.9 Å². The topological polar surface area (TPSA) is 42.3 Å². The predicted octanol–water partition coefficient (Wildman–Crippen LogP) is 2.27. The molecule has 0 unspecified atom stereocenters. The summed E-state index contributed by atoms with van der Waals surface area (Å²) in [5.74, 6) is 0. The SMILES string of the molecule is Cn1cncc1CN1CC[C@]2(C[C@H](Nc3ccccc3)CO2)C1. The van der Waals surface area contributed by atoms with Crippen molar-refractivity contribution in [2.75, 3.05) is 25.0 Å². The van der Waals surface area contributed by atoms with Crippen LogP contribution in [-0.2, 0) is 18.3 Å². The molecule has 2 atom stereocenters. The molecule has 0 aliphatic carbocycles. The molecule has 0 bridgehead atoms. The summed E-state index contributed by atoms with van der Waals surface area (Å²) >= 11 is 0. The summed E-state index contributed by atoms with van der Waals surface area (Å²) in [7, 11) is 2.06. The molecule has 2 aliphatic rings. The number of benzene rings is 1. The first-order valence-corrected chi connectivity index (χ1v) is 8.36. The van der Waals surface area contributed by atoms with Crippen molar-refractivity contribution in [3.8, 4) is 0 Å². The van der Waals surface area contributed by atoms with Gasteiger partial charge in [0.25, 0.3) is 0 Å². The molecule has 23 heavy (non-hydrogen) atoms. The molecule has 0 amide bonds. The number of hydrogen-bond acceptors (Lipinski definition) is 4. The Labute approximate surface area is 137 Å². The zero-order valence-electron chi connectivity index (χ0n) is 13.6. The van der Waals surface area contributed by atoms with E-state index in [1.54, 1.807) is 0 Å². The Hall–Kier alpha value is -1.85. The van der Waals surface area contributed by atoms with Crippen molar-refractivity contribution >= 4 is 5.69 Å². The van der Waals surface area contributed by atoms with Crippen LogP contribution in [-0.4, -0.2) is 45.8 Å². The maximum atomic E-state index is 6.24. The smallest absolute Gasteiger partial charge is 0.0945 e. The van der Waals surface area contributed by atoms with Gasteiger partial charge >= 0.3 is 0 Å². The van der Waals surface area contributed by atoms with Crippen molar-refractivity contribution in [1.82, 2.24) is 14.5 Å². The van der Waals surface area contributed by atoms with Crippen LogP contribution in [0.5, 0.6) is 0 Å². The van der Waals surface area contributed by atoms with Crippen LogP contribution in [0.1, 0.15) is 18.5 Å². The largest absolute Gasteiger partial charge is 0.380 e. The highest BCUT2D eigenvalue weighted by atomic mass is 16.5. The molecule has 4 rings (SSSR count). The summed E-state index contributed by atoms with van der Waals surface area (Å²) in [5.41, 5.74) is 2.48. The number of nitrogens with zero attached hydrogens (tertiary/aromatic N) is 3. The van der Waals surface area contributed by atoms with Gasteiger partial charge in [0.05, 0.1) is 30.3 Å². The molecular formula is C18H24N4O. The average molecular weight is 312 g/mol. The van der Waals surface area contributed by atoms with Crippen LogP contribution < -0.4 is 5.32 Å². The molecule has 1 aromatic carbocycles. The van der Waals surface area contributed by atoms with Crippen LogP contribution >= 0.6 is 0 Å². The van der Waals surface area contributed by atoms with E-state index in [-0.39, 0.29) is 5.60 Å². The lowest BCUT2D eigenvalue weighted by Crippen LogP contribution is -2.33. The Bertz CT molecular complexity index is 656. The van der Waals surface area contributed by atoms with Crippen LogP contribution in [0.4, 0.5) is 5.69 Å². The van der Waals surface area contributed by atoms with Crippen molar-refractivity contribution in [1.29, 1.82) is 0 Å². The number of rotatable bonds is 4. The molecule has 2 fully saturated rings. The van der Waals surface area contributed by atoms with E-state index in [0.717, 1.165) is 39.1 Å². The molecule has 1 N–H and O–H groups in total. The summed E-state index contributed by atoms with van der Waals surface area (Å²) in [5, 5.41) is 3.60. The van der Waals surface area contributed by atoms with Gasteiger partial charge in [0.2, 0.25) is 0 Å². The van der Waals surface area contributed by atoms with E-state index in [1.165, 1.54) is 11.4 Å². The number of para-hydroxylation sites is 1. The summed E-state index contributed by atoms with van der Waals surface area (Å²) < 4.78 is 8.34. The van der Waals surface area contributed by atoms with E-state index in [0.29, 0.717) is 6.04 Å². The number of imidazole rings is 1. The lowest BCUT2D eigenvalue weighted by Gasteiger charge is -2.23. The van der Waals surface area contributed by atoms with E-state index in [1.807, 2.05) is 18.6 Å². The normalized spacial score (nSPS) is 27.8. The fourth-order valence-corrected chi connectivity index (χ4v) is 3.82. The molecule has 2 aliphatic heterocycles. The zero-order chi connectivity index (χ0) is 15.7. The van der Waals surface area contributed by atoms with Gasteiger partial charge in [-0.25, -0.2) is 4.98 Å². The van der Waals surface area contributed by atoms with Crippen molar-refractivity contribution < 1.29 is 4.74 Å². The molecule has 1 spiro atoms. The fraction of sp³-hybridized carbons (Fsp3) is 0.500. The Morgan fingerprint density at radius 3 is 3.00 bits per heavy atom. The van der Waals surface area contributed by atoms with Crippen molar-refractivity contribution in [2.24, 2.45) is 7.05 Å². The first-order chi connectivity index (χ1) is 11.2. The first-order valence-electron chi connectivity index (χ1n) is 8.36. The van der Waals surface area contributed by atoms with Gasteiger partial charge in [-0.1, -0.05) is 18.2 Å². The Balaban J connectivity index is 1.35. The second-order valence-electron chi connectivity index (χ2n) is 6.86. The van der Waals surface area contributed by atoms with Gasteiger partial charge in [0.1, 0.15) is 0 Å². The van der Waals surface area contributed by atoms with E-state index in [9.17, 15) is 0 Å². The van der Waals surface area contributed by atoms with Crippen molar-refractivity contribution in [2.45, 2.75) is 31.0 Å². The lowest BCUT2D eigenvalue weighted by molar-refractivity contribution is 0.0118. The molecule has 5 nitrogen and oxygen atoms in total. The Morgan fingerprint density at radius 1 is 1.35 bits per heavy atom. The van der Waals surface area contributed by atoms with Crippen LogP contribution in [0.3, 0.4) is 0 Å². The molecule has 0 radical (unpaired) electrons. The number of aryl methyl sites for hydroxylation is 1. The van der Waals surface area contributed by atoms with Gasteiger partial charge in [-0.3, -0.25) is 4.90 Å². The van der Waals surface area contributed by atoms with Gasteiger partial charge in [-0.15, -0.1) is 0 Å². The predicted molar refractivity (Wildman–Crippen MR) is 90.3 cm³/mol. The molecule has 2 aromatic rings. The highest BCUT2D eigenvalue weighted by Gasteiger charge is 2.45. The van der Waals surface area contributed by atoms with Gasteiger partial charge in [0, 0.05) is 45.0 Å². The number of ether oxygens (including phenoxy) is 1. The molecule has 0 saturated carbocycles. The number of aromatic nitrogens is 2. The Kier molecular flexibility index (Phi) is 3.83. The van der Waals surface area contributed by atoms with Crippen LogP contribution in [0.2, 0.25) is 0 Å². The molecule has 3 heterocycles. The van der Waals surface area contributed by atoms with E-state index >= 15 is 0 Å². The maximum Gasteiger partial charge on any atom is 0.0945 e. The van der Waals surface area contributed by atoms with Crippen molar-refractivity contribution in [3.63, 3.8) is 0 Å². The van der Waals surface area contributed by atoms with E-state index in [2.05, 4.69) is 51.1 Å². The highest BCUT2D eigenvalue weighted by Crippen LogP contribution is 2.36. The molecule has 122 valence electrons. The number of nitrogens with one attached hydrogen (secondary N) is 1. The summed E-state index contributed by atoms with van der Waals surface area (Å²) in [4.78, 5) is 6.69. The fourth-order valence-electron chi connectivity index (χ4n) is 3.82. The van der Waals surface area contributed by atoms with Gasteiger partial charge in [-0.05, 0) is 18.6 Å². The second-order valence-corrected chi connectivity index (χ2v) is 6.86. The molecular weight excluding hydrogens is 288 g/mol. The molecule has 5 heteroatoms. The highest BCUT2D eigenvalue weighted by molar-refractivity contribution is 5.43. The summed E-state index contributed by atoms with van der Waals surface area (Å²) in [6, 6.07) is 10.8. The summed E-state index contributed by atoms with van der Waals surface area (Å²) in [6.07, 6.45) is 6.04. The minimum atomic E-state index is 0.0328. The van der Waals surface area contributed by atoms with Gasteiger partial charge in [0.15, 0.2) is 0 Å². The number of hydrogen-bond donors (Lipinski definition) is 1. The van der Waals surface area contributed by atoms with Crippen LogP contribution in [0, 0.1) is 0 Å². The van der Waals surface area contributed by atoms with E-state index in [4.69, 9.17) is 4.74 Å². The van der Waals surface area contributed by atoms with Crippen molar-refractivity contribution in [3.05, 3.63) is 48.5 Å². The minimum Gasteiger partial charge on any atom is -0.380 e. The zero-order valence-corrected chi connectivity index (χ0v) is 13.6. The maximum absolute atomic E-state index is 6.24. The van der Waals surface area contributed by atoms with Gasteiger partial charge < -0.3 is 14.6 Å². The third kappa shape index (κ3) is 3.12. The third-order valence-corrected chi connectivity index (χ3v) is 5.05. The standard InChI is InChI=1S/C18H24N4O/c1-21-14-19-10-17(21)11-22-8-7-18(13-22)9-16(12-23-18)20-15-5-3-2-4-6-15/h2-6,10,14,16,20H,7-9,11-13H2,1H3/t16-,18-/m0/s1. The molecule has 2 saturated heterocycles. The van der Waals surface area contributed by atoms with Crippen LogP contribution in [0.25, 0.3) is 0 Å². The average Bonchev–Trinajstić information content (AvgIpc) is 3.25.